The SMILES string of the molecule is CCCCCCCCCCCCCCCCCC(=O)OC[C@H](COP(=O)(O)OC[C@@H](O)COP(=O)(O)OC[C@@H](COC(=O)CCCCCCCCCCCC)OC(=O)CCCCCCCCCCCC(C)C)OC(=O)CCCCCCCCCCCCCCCCC(C)C. The van der Waals surface area contributed by atoms with Crippen molar-refractivity contribution in [3.05, 3.63) is 0 Å². The normalized spacial score (nSPS) is 14.0. The largest absolute Gasteiger partial charge is 0.472 e. The Hall–Kier alpha value is -1.94. The van der Waals surface area contributed by atoms with Crippen LogP contribution in [0.1, 0.15) is 388 Å². The van der Waals surface area contributed by atoms with E-state index in [1.807, 2.05) is 0 Å². The minimum absolute atomic E-state index is 0.106. The first-order valence-electron chi connectivity index (χ1n) is 39.0. The van der Waals surface area contributed by atoms with Crippen molar-refractivity contribution in [2.45, 2.75) is 407 Å². The number of phosphoric acid groups is 2. The van der Waals surface area contributed by atoms with Gasteiger partial charge < -0.3 is 33.8 Å². The molecule has 0 aromatic rings. The second-order valence-electron chi connectivity index (χ2n) is 28.0. The number of rotatable bonds is 74. The van der Waals surface area contributed by atoms with Crippen molar-refractivity contribution in [1.29, 1.82) is 0 Å². The van der Waals surface area contributed by atoms with E-state index in [0.29, 0.717) is 25.7 Å². The molecule has 558 valence electrons. The van der Waals surface area contributed by atoms with Crippen molar-refractivity contribution in [2.24, 2.45) is 11.8 Å². The van der Waals surface area contributed by atoms with Crippen LogP contribution in [0.4, 0.5) is 0 Å². The van der Waals surface area contributed by atoms with Crippen LogP contribution in [0.3, 0.4) is 0 Å². The summed E-state index contributed by atoms with van der Waals surface area (Å²) in [5.74, 6) is -0.584. The van der Waals surface area contributed by atoms with Gasteiger partial charge in [-0.2, -0.15) is 0 Å². The molecule has 0 aromatic carbocycles. The molecule has 0 aromatic heterocycles. The van der Waals surface area contributed by atoms with Crippen LogP contribution >= 0.6 is 15.6 Å². The molecule has 0 saturated heterocycles. The molecule has 0 aliphatic carbocycles. The fourth-order valence-electron chi connectivity index (χ4n) is 11.5. The highest BCUT2D eigenvalue weighted by Gasteiger charge is 2.30. The maximum atomic E-state index is 13.1. The second kappa shape index (κ2) is 66.9. The molecule has 0 rings (SSSR count). The first-order chi connectivity index (χ1) is 45.4. The Kier molecular flexibility index (Phi) is 65.5. The first-order valence-corrected chi connectivity index (χ1v) is 42.0. The summed E-state index contributed by atoms with van der Waals surface area (Å²) in [5, 5.41) is 10.6. The summed E-state index contributed by atoms with van der Waals surface area (Å²) in [6.07, 6.45) is 54.0. The van der Waals surface area contributed by atoms with Crippen molar-refractivity contribution in [3.63, 3.8) is 0 Å². The smallest absolute Gasteiger partial charge is 0.462 e. The predicted octanol–water partition coefficient (Wildman–Crippen LogP) is 21.9. The van der Waals surface area contributed by atoms with Gasteiger partial charge in [-0.05, 0) is 37.5 Å². The van der Waals surface area contributed by atoms with Crippen LogP contribution < -0.4 is 0 Å². The molecule has 0 bridgehead atoms. The average Bonchev–Trinajstić information content (AvgIpc) is 3.71. The molecule has 94 heavy (non-hydrogen) atoms. The summed E-state index contributed by atoms with van der Waals surface area (Å²) < 4.78 is 68.5. The number of hydrogen-bond donors (Lipinski definition) is 3. The molecule has 0 heterocycles. The molecule has 0 aliphatic rings. The molecule has 0 spiro atoms. The fourth-order valence-corrected chi connectivity index (χ4v) is 13.1. The lowest BCUT2D eigenvalue weighted by atomic mass is 10.0. The molecule has 0 aliphatic heterocycles. The number of carbonyl (C=O) groups is 4. The number of aliphatic hydroxyl groups is 1. The minimum Gasteiger partial charge on any atom is -0.462 e. The van der Waals surface area contributed by atoms with E-state index < -0.39 is 97.5 Å². The van der Waals surface area contributed by atoms with Gasteiger partial charge >= 0.3 is 39.5 Å². The van der Waals surface area contributed by atoms with E-state index in [4.69, 9.17) is 37.0 Å². The van der Waals surface area contributed by atoms with Crippen molar-refractivity contribution in [2.75, 3.05) is 39.6 Å². The minimum atomic E-state index is -4.96. The van der Waals surface area contributed by atoms with Crippen LogP contribution in [0.5, 0.6) is 0 Å². The topological polar surface area (TPSA) is 237 Å². The molecule has 19 heteroatoms. The lowest BCUT2D eigenvalue weighted by molar-refractivity contribution is -0.161. The number of aliphatic hydroxyl groups excluding tert-OH is 1. The van der Waals surface area contributed by atoms with Gasteiger partial charge in [-0.15, -0.1) is 0 Å². The van der Waals surface area contributed by atoms with Gasteiger partial charge in [0.05, 0.1) is 26.4 Å². The summed E-state index contributed by atoms with van der Waals surface area (Å²) >= 11 is 0. The van der Waals surface area contributed by atoms with Crippen LogP contribution in [0.2, 0.25) is 0 Å². The van der Waals surface area contributed by atoms with Crippen molar-refractivity contribution in [3.8, 4) is 0 Å². The lowest BCUT2D eigenvalue weighted by Gasteiger charge is -2.21. The van der Waals surface area contributed by atoms with Gasteiger partial charge in [-0.1, -0.05) is 337 Å². The van der Waals surface area contributed by atoms with E-state index in [-0.39, 0.29) is 25.7 Å². The maximum absolute atomic E-state index is 13.1. The van der Waals surface area contributed by atoms with E-state index in [1.165, 1.54) is 205 Å². The zero-order chi connectivity index (χ0) is 69.3. The molecule has 5 atom stereocenters. The summed E-state index contributed by atoms with van der Waals surface area (Å²) in [5.41, 5.74) is 0. The molecule has 0 radical (unpaired) electrons. The molecule has 0 saturated carbocycles. The molecular weight excluding hydrogens is 1230 g/mol. The highest BCUT2D eigenvalue weighted by Crippen LogP contribution is 2.45. The highest BCUT2D eigenvalue weighted by molar-refractivity contribution is 7.47. The van der Waals surface area contributed by atoms with E-state index in [2.05, 4.69) is 41.5 Å². The third-order valence-corrected chi connectivity index (χ3v) is 19.4. The molecule has 17 nitrogen and oxygen atoms in total. The van der Waals surface area contributed by atoms with Gasteiger partial charge in [-0.25, -0.2) is 9.13 Å². The van der Waals surface area contributed by atoms with Gasteiger partial charge in [0.2, 0.25) is 0 Å². The van der Waals surface area contributed by atoms with Gasteiger partial charge in [-0.3, -0.25) is 37.3 Å². The van der Waals surface area contributed by atoms with Gasteiger partial charge in [0.1, 0.15) is 19.3 Å². The summed E-state index contributed by atoms with van der Waals surface area (Å²) in [4.78, 5) is 72.8. The van der Waals surface area contributed by atoms with Gasteiger partial charge in [0.25, 0.3) is 0 Å². The molecule has 0 fully saturated rings. The number of phosphoric ester groups is 2. The van der Waals surface area contributed by atoms with Gasteiger partial charge in [0, 0.05) is 25.7 Å². The standard InChI is InChI=1S/C75H146O17P2/c1-7-9-11-13-15-17-19-20-21-25-28-34-40-46-52-58-73(78)86-64-70(91-74(79)59-53-47-41-35-29-26-23-22-24-27-31-37-43-49-55-67(3)4)65-89-93(81,82)87-61-69(76)62-88-94(83,84)90-66-71(63-85-72(77)57-51-45-39-33-18-16-14-12-10-8-2)92-75(80)60-54-48-42-36-30-32-38-44-50-56-68(5)6/h67-71,76H,7-66H2,1-6H3,(H,81,82)(H,83,84)/t69-,70-,71-/m1/s1. The monoisotopic (exact) mass is 1380 g/mol. The third-order valence-electron chi connectivity index (χ3n) is 17.5. The Bertz CT molecular complexity index is 1820. The van der Waals surface area contributed by atoms with Gasteiger partial charge in [0.15, 0.2) is 12.2 Å². The number of esters is 4. The van der Waals surface area contributed by atoms with E-state index in [0.717, 1.165) is 102 Å². The summed E-state index contributed by atoms with van der Waals surface area (Å²) in [6, 6.07) is 0. The summed E-state index contributed by atoms with van der Waals surface area (Å²) in [7, 11) is -9.91. The first kappa shape index (κ1) is 92.1. The number of hydrogen-bond acceptors (Lipinski definition) is 15. The number of carbonyl (C=O) groups excluding carboxylic acids is 4. The Balaban J connectivity index is 5.24. The van der Waals surface area contributed by atoms with Crippen LogP contribution in [0.25, 0.3) is 0 Å². The molecule has 2 unspecified atom stereocenters. The van der Waals surface area contributed by atoms with E-state index in [9.17, 15) is 43.2 Å². The molecular formula is C75H146O17P2. The van der Waals surface area contributed by atoms with Crippen LogP contribution in [0.15, 0.2) is 0 Å². The van der Waals surface area contributed by atoms with Crippen molar-refractivity contribution in [1.82, 2.24) is 0 Å². The maximum Gasteiger partial charge on any atom is 0.472 e. The molecule has 0 amide bonds. The Morgan fingerprint density at radius 1 is 0.287 bits per heavy atom. The Labute approximate surface area is 575 Å². The summed E-state index contributed by atoms with van der Waals surface area (Å²) in [6.45, 7) is 9.58. The van der Waals surface area contributed by atoms with Crippen molar-refractivity contribution >= 4 is 39.5 Å². The number of ether oxygens (including phenoxy) is 4. The third kappa shape index (κ3) is 68.6. The quantitative estimate of drug-likeness (QED) is 0.0222. The van der Waals surface area contributed by atoms with Crippen LogP contribution in [-0.4, -0.2) is 96.7 Å². The lowest BCUT2D eigenvalue weighted by Crippen LogP contribution is -2.30. The van der Waals surface area contributed by atoms with E-state index in [1.54, 1.807) is 0 Å². The Morgan fingerprint density at radius 3 is 0.723 bits per heavy atom. The number of unbranched alkanes of at least 4 members (excludes halogenated alkanes) is 44. The van der Waals surface area contributed by atoms with Crippen molar-refractivity contribution < 1.29 is 80.2 Å². The van der Waals surface area contributed by atoms with E-state index >= 15 is 0 Å². The predicted molar refractivity (Wildman–Crippen MR) is 381 cm³/mol. The Morgan fingerprint density at radius 2 is 0.489 bits per heavy atom. The van der Waals surface area contributed by atoms with Crippen LogP contribution in [0, 0.1) is 11.8 Å². The second-order valence-corrected chi connectivity index (χ2v) is 30.9. The zero-order valence-corrected chi connectivity index (χ0v) is 63.1. The van der Waals surface area contributed by atoms with Crippen LogP contribution in [-0.2, 0) is 65.4 Å². The highest BCUT2D eigenvalue weighted by atomic mass is 31.2. The zero-order valence-electron chi connectivity index (χ0n) is 61.3. The molecule has 3 N–H and O–H groups in total. The average molecular weight is 1380 g/mol. The fraction of sp³-hybridized carbons (Fsp3) is 0.947.